The van der Waals surface area contributed by atoms with Crippen LogP contribution in [0, 0.1) is 0 Å². The van der Waals surface area contributed by atoms with Gasteiger partial charge >= 0.3 is 0 Å². The quantitative estimate of drug-likeness (QED) is 0.710. The molecule has 1 heterocycles. The summed E-state index contributed by atoms with van der Waals surface area (Å²) < 4.78 is 0. The van der Waals surface area contributed by atoms with Gasteiger partial charge in [-0.15, -0.1) is 21.5 Å². The molecule has 1 rings (SSSR count). The Labute approximate surface area is 91.8 Å². The van der Waals surface area contributed by atoms with Crippen LogP contribution >= 0.6 is 11.3 Å². The summed E-state index contributed by atoms with van der Waals surface area (Å²) in [4.78, 5) is 0. The smallest absolute Gasteiger partial charge is 0.122 e. The van der Waals surface area contributed by atoms with E-state index in [9.17, 15) is 0 Å². The van der Waals surface area contributed by atoms with E-state index in [0.717, 1.165) is 16.4 Å². The van der Waals surface area contributed by atoms with Gasteiger partial charge in [0.15, 0.2) is 0 Å². The highest BCUT2D eigenvalue weighted by Crippen LogP contribution is 2.25. The Hall–Kier alpha value is -0.440. The van der Waals surface area contributed by atoms with Crippen LogP contribution in [0.3, 0.4) is 0 Å². The molecule has 1 aromatic heterocycles. The zero-order chi connectivity index (χ0) is 11.2. The molecule has 14 heavy (non-hydrogen) atoms. The molecule has 82 valence electrons. The lowest BCUT2D eigenvalue weighted by Crippen LogP contribution is -2.10. The molecule has 0 unspecified atom stereocenters. The van der Waals surface area contributed by atoms with Crippen molar-refractivity contribution < 1.29 is 0 Å². The molecular weight excluding hydrogens is 192 g/mol. The van der Waals surface area contributed by atoms with Crippen molar-refractivity contribution in [2.75, 3.05) is 0 Å². The molecule has 0 fully saturated rings. The standard InChI is InChI=1S/C8H14N2S.C3H8/c1-5-6-9-10-7(11-6)8(2,3)4;1-3-2/h5H2,1-4H3;3H2,1-2H3. The summed E-state index contributed by atoms with van der Waals surface area (Å²) in [5.74, 6) is 0. The van der Waals surface area contributed by atoms with Crippen molar-refractivity contribution in [3.05, 3.63) is 10.0 Å². The normalized spacial score (nSPS) is 10.7. The van der Waals surface area contributed by atoms with Crippen molar-refractivity contribution >= 4 is 11.3 Å². The van der Waals surface area contributed by atoms with Crippen LogP contribution in [0.5, 0.6) is 0 Å². The monoisotopic (exact) mass is 214 g/mol. The van der Waals surface area contributed by atoms with E-state index in [1.54, 1.807) is 11.3 Å². The van der Waals surface area contributed by atoms with Crippen molar-refractivity contribution in [2.45, 2.75) is 59.8 Å². The topological polar surface area (TPSA) is 25.8 Å². The number of hydrogen-bond donors (Lipinski definition) is 0. The van der Waals surface area contributed by atoms with Crippen LogP contribution in [0.25, 0.3) is 0 Å². The Morgan fingerprint density at radius 3 is 1.79 bits per heavy atom. The first-order valence-corrected chi connectivity index (χ1v) is 6.10. The lowest BCUT2D eigenvalue weighted by molar-refractivity contribution is 0.578. The highest BCUT2D eigenvalue weighted by molar-refractivity contribution is 7.11. The van der Waals surface area contributed by atoms with E-state index in [4.69, 9.17) is 0 Å². The maximum Gasteiger partial charge on any atom is 0.122 e. The van der Waals surface area contributed by atoms with Crippen LogP contribution in [-0.2, 0) is 11.8 Å². The van der Waals surface area contributed by atoms with Crippen LogP contribution in [0.15, 0.2) is 0 Å². The maximum atomic E-state index is 4.13. The second kappa shape index (κ2) is 6.12. The first kappa shape index (κ1) is 13.6. The summed E-state index contributed by atoms with van der Waals surface area (Å²) in [5.41, 5.74) is 0.158. The number of hydrogen-bond acceptors (Lipinski definition) is 3. The minimum Gasteiger partial charge on any atom is -0.144 e. The van der Waals surface area contributed by atoms with E-state index in [1.807, 2.05) is 0 Å². The third-order valence-corrected chi connectivity index (χ3v) is 2.90. The summed E-state index contributed by atoms with van der Waals surface area (Å²) in [7, 11) is 0. The molecule has 0 aliphatic carbocycles. The van der Waals surface area contributed by atoms with E-state index in [-0.39, 0.29) is 5.41 Å². The van der Waals surface area contributed by atoms with Crippen LogP contribution in [-0.4, -0.2) is 10.2 Å². The van der Waals surface area contributed by atoms with Gasteiger partial charge in [-0.1, -0.05) is 48.0 Å². The zero-order valence-corrected chi connectivity index (χ0v) is 11.0. The van der Waals surface area contributed by atoms with Gasteiger partial charge in [0.05, 0.1) is 0 Å². The van der Waals surface area contributed by atoms with E-state index in [0.29, 0.717) is 0 Å². The van der Waals surface area contributed by atoms with Gasteiger partial charge in [-0.2, -0.15) is 0 Å². The molecule has 3 heteroatoms. The van der Waals surface area contributed by atoms with E-state index < -0.39 is 0 Å². The van der Waals surface area contributed by atoms with Gasteiger partial charge in [0.1, 0.15) is 10.0 Å². The lowest BCUT2D eigenvalue weighted by Gasteiger charge is -2.12. The van der Waals surface area contributed by atoms with Gasteiger partial charge in [-0.3, -0.25) is 0 Å². The fourth-order valence-electron chi connectivity index (χ4n) is 0.700. The van der Waals surface area contributed by atoms with Crippen molar-refractivity contribution in [3.63, 3.8) is 0 Å². The number of aryl methyl sites for hydroxylation is 1. The van der Waals surface area contributed by atoms with Gasteiger partial charge in [0.2, 0.25) is 0 Å². The third-order valence-electron chi connectivity index (χ3n) is 1.41. The van der Waals surface area contributed by atoms with Crippen molar-refractivity contribution in [1.29, 1.82) is 0 Å². The Kier molecular flexibility index (Phi) is 5.93. The summed E-state index contributed by atoms with van der Waals surface area (Å²) in [6, 6.07) is 0. The fourth-order valence-corrected chi connectivity index (χ4v) is 1.54. The van der Waals surface area contributed by atoms with Gasteiger partial charge in [-0.25, -0.2) is 0 Å². The Morgan fingerprint density at radius 2 is 1.57 bits per heavy atom. The molecule has 0 saturated carbocycles. The summed E-state index contributed by atoms with van der Waals surface area (Å²) >= 11 is 1.72. The number of nitrogens with zero attached hydrogens (tertiary/aromatic N) is 2. The number of rotatable bonds is 1. The van der Waals surface area contributed by atoms with E-state index in [1.165, 1.54) is 6.42 Å². The first-order valence-electron chi connectivity index (χ1n) is 5.28. The number of aromatic nitrogens is 2. The van der Waals surface area contributed by atoms with Gasteiger partial charge < -0.3 is 0 Å². The van der Waals surface area contributed by atoms with E-state index >= 15 is 0 Å². The Balaban J connectivity index is 0.000000500. The first-order chi connectivity index (χ1) is 6.45. The molecule has 0 aliphatic heterocycles. The molecule has 1 aromatic rings. The molecule has 0 atom stereocenters. The molecule has 0 saturated heterocycles. The van der Waals surface area contributed by atoms with Crippen LogP contribution in [0.1, 0.15) is 58.0 Å². The predicted molar refractivity (Wildman–Crippen MR) is 64.0 cm³/mol. The maximum absolute atomic E-state index is 4.13. The highest BCUT2D eigenvalue weighted by atomic mass is 32.1. The van der Waals surface area contributed by atoms with Crippen molar-refractivity contribution in [3.8, 4) is 0 Å². The molecule has 0 radical (unpaired) electrons. The van der Waals surface area contributed by atoms with Crippen LogP contribution in [0.2, 0.25) is 0 Å². The summed E-state index contributed by atoms with van der Waals surface area (Å²) in [6.07, 6.45) is 2.24. The van der Waals surface area contributed by atoms with E-state index in [2.05, 4.69) is 51.7 Å². The SMILES string of the molecule is CCC.CCc1nnc(C(C)(C)C)s1. The fraction of sp³-hybridized carbons (Fsp3) is 0.818. The lowest BCUT2D eigenvalue weighted by atomic mass is 9.98. The molecule has 0 aliphatic rings. The molecule has 0 amide bonds. The Bertz CT molecular complexity index is 248. The third kappa shape index (κ3) is 4.70. The predicted octanol–water partition coefficient (Wildman–Crippen LogP) is 3.81. The summed E-state index contributed by atoms with van der Waals surface area (Å²) in [5, 5.41) is 10.5. The highest BCUT2D eigenvalue weighted by Gasteiger charge is 2.18. The zero-order valence-electron chi connectivity index (χ0n) is 10.2. The van der Waals surface area contributed by atoms with Crippen molar-refractivity contribution in [1.82, 2.24) is 10.2 Å². The second-order valence-corrected chi connectivity index (χ2v) is 5.37. The largest absolute Gasteiger partial charge is 0.144 e. The minimum absolute atomic E-state index is 0.158. The second-order valence-electron chi connectivity index (χ2n) is 4.31. The minimum atomic E-state index is 0.158. The molecule has 0 aromatic carbocycles. The molecule has 2 nitrogen and oxygen atoms in total. The molecule has 0 spiro atoms. The Morgan fingerprint density at radius 1 is 1.07 bits per heavy atom. The van der Waals surface area contributed by atoms with Gasteiger partial charge in [0.25, 0.3) is 0 Å². The molecule has 0 N–H and O–H groups in total. The molecular formula is C11H22N2S. The average molecular weight is 214 g/mol. The van der Waals surface area contributed by atoms with Gasteiger partial charge in [0, 0.05) is 5.41 Å². The average Bonchev–Trinajstić information content (AvgIpc) is 2.52. The summed E-state index contributed by atoms with van der Waals surface area (Å²) in [6.45, 7) is 12.8. The van der Waals surface area contributed by atoms with Gasteiger partial charge in [-0.05, 0) is 6.42 Å². The molecule has 0 bridgehead atoms. The van der Waals surface area contributed by atoms with Crippen LogP contribution < -0.4 is 0 Å². The van der Waals surface area contributed by atoms with Crippen molar-refractivity contribution in [2.24, 2.45) is 0 Å². The van der Waals surface area contributed by atoms with Crippen LogP contribution in [0.4, 0.5) is 0 Å².